The SMILES string of the molecule is CCC(C)N1CCC[C@@H](N)C1. The van der Waals surface area contributed by atoms with Crippen molar-refractivity contribution < 1.29 is 0 Å². The van der Waals surface area contributed by atoms with E-state index in [1.54, 1.807) is 0 Å². The van der Waals surface area contributed by atoms with Crippen LogP contribution in [0.4, 0.5) is 0 Å². The number of rotatable bonds is 2. The van der Waals surface area contributed by atoms with Crippen LogP contribution in [-0.2, 0) is 0 Å². The van der Waals surface area contributed by atoms with Crippen molar-refractivity contribution in [2.75, 3.05) is 13.1 Å². The van der Waals surface area contributed by atoms with Crippen LogP contribution >= 0.6 is 0 Å². The first kappa shape index (κ1) is 9.01. The van der Waals surface area contributed by atoms with Crippen molar-refractivity contribution in [3.63, 3.8) is 0 Å². The average molecular weight is 156 g/mol. The van der Waals surface area contributed by atoms with Gasteiger partial charge in [0.1, 0.15) is 0 Å². The van der Waals surface area contributed by atoms with Crippen LogP contribution in [-0.4, -0.2) is 30.1 Å². The fraction of sp³-hybridized carbons (Fsp3) is 1.00. The third-order valence-electron chi connectivity index (χ3n) is 2.70. The van der Waals surface area contributed by atoms with Crippen molar-refractivity contribution in [2.45, 2.75) is 45.2 Å². The van der Waals surface area contributed by atoms with E-state index >= 15 is 0 Å². The van der Waals surface area contributed by atoms with Gasteiger partial charge in [-0.25, -0.2) is 0 Å². The van der Waals surface area contributed by atoms with Gasteiger partial charge in [0.05, 0.1) is 0 Å². The molecule has 0 aromatic rings. The lowest BCUT2D eigenvalue weighted by molar-refractivity contribution is 0.155. The molecule has 2 heteroatoms. The van der Waals surface area contributed by atoms with Crippen molar-refractivity contribution in [2.24, 2.45) is 5.73 Å². The van der Waals surface area contributed by atoms with Gasteiger partial charge in [0, 0.05) is 18.6 Å². The molecule has 2 N–H and O–H groups in total. The van der Waals surface area contributed by atoms with Crippen LogP contribution < -0.4 is 5.73 Å². The minimum absolute atomic E-state index is 0.428. The molecule has 0 spiro atoms. The molecule has 0 bridgehead atoms. The number of hydrogen-bond acceptors (Lipinski definition) is 2. The third kappa shape index (κ3) is 2.46. The van der Waals surface area contributed by atoms with Crippen molar-refractivity contribution in [3.05, 3.63) is 0 Å². The maximum absolute atomic E-state index is 5.88. The van der Waals surface area contributed by atoms with E-state index in [0.29, 0.717) is 6.04 Å². The first-order chi connectivity index (χ1) is 5.24. The molecule has 1 aliphatic rings. The summed E-state index contributed by atoms with van der Waals surface area (Å²) < 4.78 is 0. The fourth-order valence-corrected chi connectivity index (χ4v) is 1.70. The van der Waals surface area contributed by atoms with E-state index in [2.05, 4.69) is 18.7 Å². The molecule has 0 aromatic heterocycles. The molecule has 0 saturated carbocycles. The van der Waals surface area contributed by atoms with Crippen LogP contribution in [0.25, 0.3) is 0 Å². The van der Waals surface area contributed by atoms with Gasteiger partial charge in [0.2, 0.25) is 0 Å². The molecule has 0 amide bonds. The maximum atomic E-state index is 5.88. The first-order valence-electron chi connectivity index (χ1n) is 4.73. The van der Waals surface area contributed by atoms with E-state index in [9.17, 15) is 0 Å². The van der Waals surface area contributed by atoms with Crippen molar-refractivity contribution in [1.82, 2.24) is 4.90 Å². The number of hydrogen-bond donors (Lipinski definition) is 1. The summed E-state index contributed by atoms with van der Waals surface area (Å²) in [5, 5.41) is 0. The molecule has 0 radical (unpaired) electrons. The molecule has 1 aliphatic heterocycles. The van der Waals surface area contributed by atoms with Gasteiger partial charge in [-0.15, -0.1) is 0 Å². The highest BCUT2D eigenvalue weighted by molar-refractivity contribution is 4.77. The normalized spacial score (nSPS) is 30.3. The van der Waals surface area contributed by atoms with E-state index in [1.807, 2.05) is 0 Å². The Hall–Kier alpha value is -0.0800. The quantitative estimate of drug-likeness (QED) is 0.651. The second kappa shape index (κ2) is 4.07. The van der Waals surface area contributed by atoms with Crippen molar-refractivity contribution >= 4 is 0 Å². The summed E-state index contributed by atoms with van der Waals surface area (Å²) in [5.41, 5.74) is 5.88. The summed E-state index contributed by atoms with van der Waals surface area (Å²) in [4.78, 5) is 2.51. The molecule has 66 valence electrons. The van der Waals surface area contributed by atoms with Crippen LogP contribution in [0.15, 0.2) is 0 Å². The van der Waals surface area contributed by atoms with Crippen molar-refractivity contribution in [3.8, 4) is 0 Å². The Bertz CT molecular complexity index is 114. The minimum atomic E-state index is 0.428. The summed E-state index contributed by atoms with van der Waals surface area (Å²) in [7, 11) is 0. The Morgan fingerprint density at radius 2 is 2.36 bits per heavy atom. The third-order valence-corrected chi connectivity index (χ3v) is 2.70. The average Bonchev–Trinajstić information content (AvgIpc) is 2.03. The maximum Gasteiger partial charge on any atom is 0.0168 e. The first-order valence-corrected chi connectivity index (χ1v) is 4.73. The van der Waals surface area contributed by atoms with Crippen LogP contribution in [0, 0.1) is 0 Å². The smallest absolute Gasteiger partial charge is 0.0168 e. The standard InChI is InChI=1S/C9H20N2/c1-3-8(2)11-6-4-5-9(10)7-11/h8-9H,3-7,10H2,1-2H3/t8?,9-/m1/s1. The molecule has 0 aromatic carbocycles. The Morgan fingerprint density at radius 3 is 2.91 bits per heavy atom. The topological polar surface area (TPSA) is 29.3 Å². The zero-order valence-electron chi connectivity index (χ0n) is 7.71. The number of likely N-dealkylation sites (tertiary alicyclic amines) is 1. The second-order valence-electron chi connectivity index (χ2n) is 3.65. The van der Waals surface area contributed by atoms with Gasteiger partial charge in [-0.05, 0) is 32.7 Å². The summed E-state index contributed by atoms with van der Waals surface area (Å²) >= 11 is 0. The second-order valence-corrected chi connectivity index (χ2v) is 3.65. The van der Waals surface area contributed by atoms with Gasteiger partial charge in [-0.2, -0.15) is 0 Å². The Balaban J connectivity index is 2.33. The number of nitrogens with two attached hydrogens (primary N) is 1. The zero-order valence-corrected chi connectivity index (χ0v) is 7.71. The van der Waals surface area contributed by atoms with Gasteiger partial charge in [-0.3, -0.25) is 4.90 Å². The summed E-state index contributed by atoms with van der Waals surface area (Å²) in [6.07, 6.45) is 3.74. The molecule has 1 heterocycles. The molecule has 2 nitrogen and oxygen atoms in total. The summed E-state index contributed by atoms with van der Waals surface area (Å²) in [6.45, 7) is 6.89. The molecule has 2 atom stereocenters. The molecular weight excluding hydrogens is 136 g/mol. The van der Waals surface area contributed by atoms with Crippen LogP contribution in [0.2, 0.25) is 0 Å². The molecular formula is C9H20N2. The largest absolute Gasteiger partial charge is 0.327 e. The lowest BCUT2D eigenvalue weighted by Crippen LogP contribution is -2.46. The van der Waals surface area contributed by atoms with E-state index in [1.165, 1.54) is 25.8 Å². The van der Waals surface area contributed by atoms with Crippen LogP contribution in [0.1, 0.15) is 33.1 Å². The van der Waals surface area contributed by atoms with E-state index in [0.717, 1.165) is 12.6 Å². The highest BCUT2D eigenvalue weighted by atomic mass is 15.2. The molecule has 1 saturated heterocycles. The van der Waals surface area contributed by atoms with Gasteiger partial charge >= 0.3 is 0 Å². The van der Waals surface area contributed by atoms with Gasteiger partial charge < -0.3 is 5.73 Å². The summed E-state index contributed by atoms with van der Waals surface area (Å²) in [5.74, 6) is 0. The Morgan fingerprint density at radius 1 is 1.64 bits per heavy atom. The molecule has 1 rings (SSSR count). The highest BCUT2D eigenvalue weighted by Gasteiger charge is 2.19. The molecule has 0 aliphatic carbocycles. The van der Waals surface area contributed by atoms with Gasteiger partial charge in [-0.1, -0.05) is 6.92 Å². The van der Waals surface area contributed by atoms with Gasteiger partial charge in [0.25, 0.3) is 0 Å². The van der Waals surface area contributed by atoms with Gasteiger partial charge in [0.15, 0.2) is 0 Å². The Kier molecular flexibility index (Phi) is 3.34. The van der Waals surface area contributed by atoms with Crippen LogP contribution in [0.5, 0.6) is 0 Å². The molecule has 1 unspecified atom stereocenters. The highest BCUT2D eigenvalue weighted by Crippen LogP contribution is 2.12. The molecule has 1 fully saturated rings. The Labute approximate surface area is 69.8 Å². The van der Waals surface area contributed by atoms with E-state index < -0.39 is 0 Å². The zero-order chi connectivity index (χ0) is 8.27. The predicted octanol–water partition coefficient (Wildman–Crippen LogP) is 1.21. The lowest BCUT2D eigenvalue weighted by atomic mass is 10.0. The lowest BCUT2D eigenvalue weighted by Gasteiger charge is -2.34. The minimum Gasteiger partial charge on any atom is -0.327 e. The predicted molar refractivity (Wildman–Crippen MR) is 48.5 cm³/mol. The van der Waals surface area contributed by atoms with Crippen LogP contribution in [0.3, 0.4) is 0 Å². The molecule has 11 heavy (non-hydrogen) atoms. The number of piperidine rings is 1. The summed E-state index contributed by atoms with van der Waals surface area (Å²) in [6, 6.07) is 1.15. The van der Waals surface area contributed by atoms with E-state index in [4.69, 9.17) is 5.73 Å². The van der Waals surface area contributed by atoms with Crippen molar-refractivity contribution in [1.29, 1.82) is 0 Å². The monoisotopic (exact) mass is 156 g/mol. The van der Waals surface area contributed by atoms with E-state index in [-0.39, 0.29) is 0 Å². The fourth-order valence-electron chi connectivity index (χ4n) is 1.70. The number of nitrogens with zero attached hydrogens (tertiary/aromatic N) is 1.